The molecule has 6 heteroatoms. The van der Waals surface area contributed by atoms with Crippen molar-refractivity contribution in [3.8, 4) is 0 Å². The smallest absolute Gasteiger partial charge is 0.230 e. The molecule has 1 aromatic carbocycles. The fraction of sp³-hybridized carbons (Fsp3) is 0.500. The van der Waals surface area contributed by atoms with E-state index in [0.29, 0.717) is 12.3 Å². The van der Waals surface area contributed by atoms with Crippen molar-refractivity contribution in [1.82, 2.24) is 9.88 Å². The number of likely N-dealkylation sites (N-methyl/N-ethyl adjacent to an activating group) is 1. The van der Waals surface area contributed by atoms with E-state index in [9.17, 15) is 4.79 Å². The van der Waals surface area contributed by atoms with E-state index in [1.807, 2.05) is 17.5 Å². The number of anilines is 2. The number of hydrogen-bond acceptors (Lipinski definition) is 5. The van der Waals surface area contributed by atoms with Crippen molar-refractivity contribution in [3.05, 3.63) is 40.3 Å². The van der Waals surface area contributed by atoms with E-state index in [4.69, 9.17) is 0 Å². The molecule has 1 aliphatic rings. The first-order valence-electron chi connectivity index (χ1n) is 9.36. The van der Waals surface area contributed by atoms with Crippen molar-refractivity contribution in [2.75, 3.05) is 42.9 Å². The summed E-state index contributed by atoms with van der Waals surface area (Å²) in [6, 6.07) is 8.16. The normalized spacial score (nSPS) is 15.5. The van der Waals surface area contributed by atoms with E-state index < -0.39 is 0 Å². The van der Waals surface area contributed by atoms with Gasteiger partial charge in [0, 0.05) is 48.9 Å². The van der Waals surface area contributed by atoms with Crippen molar-refractivity contribution >= 4 is 28.6 Å². The van der Waals surface area contributed by atoms with Crippen LogP contribution in [0.3, 0.4) is 0 Å². The summed E-state index contributed by atoms with van der Waals surface area (Å²) in [5, 5.41) is 6.04. The number of carbonyl (C=O) groups excluding carboxylic acids is 1. The molecule has 1 aliphatic heterocycles. The standard InChI is InChI=1S/C20H28N4OS/c1-4-23-9-11-24(12-10-23)18-7-5-16(6-8-18)21-19(25)13-17-14-26-20(22-17)15(2)3/h5-8,14-15H,4,9-13H2,1-3H3,(H,21,25). The Morgan fingerprint density at radius 1 is 1.19 bits per heavy atom. The lowest BCUT2D eigenvalue weighted by atomic mass is 10.2. The van der Waals surface area contributed by atoms with E-state index in [1.165, 1.54) is 5.69 Å². The highest BCUT2D eigenvalue weighted by atomic mass is 32.1. The number of nitrogens with zero attached hydrogens (tertiary/aromatic N) is 3. The van der Waals surface area contributed by atoms with Crippen LogP contribution in [0, 0.1) is 0 Å². The number of hydrogen-bond donors (Lipinski definition) is 1. The Morgan fingerprint density at radius 2 is 1.88 bits per heavy atom. The van der Waals surface area contributed by atoms with Crippen molar-refractivity contribution in [2.45, 2.75) is 33.1 Å². The molecular formula is C20H28N4OS. The van der Waals surface area contributed by atoms with Crippen LogP contribution in [0.5, 0.6) is 0 Å². The Balaban J connectivity index is 1.52. The molecule has 0 radical (unpaired) electrons. The summed E-state index contributed by atoms with van der Waals surface area (Å²) in [6.07, 6.45) is 0.323. The molecule has 5 nitrogen and oxygen atoms in total. The predicted molar refractivity (Wildman–Crippen MR) is 109 cm³/mol. The number of carbonyl (C=O) groups is 1. The Labute approximate surface area is 160 Å². The maximum absolute atomic E-state index is 12.3. The molecule has 2 heterocycles. The molecule has 1 N–H and O–H groups in total. The highest BCUT2D eigenvalue weighted by Crippen LogP contribution is 2.21. The first-order chi connectivity index (χ1) is 12.5. The lowest BCUT2D eigenvalue weighted by Crippen LogP contribution is -2.46. The highest BCUT2D eigenvalue weighted by molar-refractivity contribution is 7.09. The Hall–Kier alpha value is -1.92. The van der Waals surface area contributed by atoms with Crippen LogP contribution in [0.2, 0.25) is 0 Å². The number of benzene rings is 1. The largest absolute Gasteiger partial charge is 0.369 e. The molecule has 140 valence electrons. The molecule has 0 atom stereocenters. The van der Waals surface area contributed by atoms with E-state index in [1.54, 1.807) is 11.3 Å². The molecule has 1 fully saturated rings. The third-order valence-corrected chi connectivity index (χ3v) is 5.93. The minimum absolute atomic E-state index is 0.0186. The Bertz CT molecular complexity index is 718. The van der Waals surface area contributed by atoms with Crippen molar-refractivity contribution in [2.24, 2.45) is 0 Å². The second kappa shape index (κ2) is 8.64. The van der Waals surface area contributed by atoms with Crippen LogP contribution in [-0.4, -0.2) is 48.5 Å². The summed E-state index contributed by atoms with van der Waals surface area (Å²) in [4.78, 5) is 21.7. The van der Waals surface area contributed by atoms with Gasteiger partial charge < -0.3 is 15.1 Å². The monoisotopic (exact) mass is 372 g/mol. The predicted octanol–water partition coefficient (Wildman–Crippen LogP) is 3.59. The van der Waals surface area contributed by atoms with Gasteiger partial charge in [-0.05, 0) is 30.8 Å². The van der Waals surface area contributed by atoms with Gasteiger partial charge in [-0.15, -0.1) is 11.3 Å². The fourth-order valence-corrected chi connectivity index (χ4v) is 3.95. The summed E-state index contributed by atoms with van der Waals surface area (Å²) in [5.74, 6) is 0.387. The van der Waals surface area contributed by atoms with Crippen LogP contribution in [-0.2, 0) is 11.2 Å². The Morgan fingerprint density at radius 3 is 2.46 bits per heavy atom. The second-order valence-corrected chi connectivity index (χ2v) is 7.91. The zero-order valence-corrected chi connectivity index (χ0v) is 16.7. The lowest BCUT2D eigenvalue weighted by Gasteiger charge is -2.35. The number of piperazine rings is 1. The minimum Gasteiger partial charge on any atom is -0.369 e. The molecule has 0 bridgehead atoms. The van der Waals surface area contributed by atoms with E-state index in [-0.39, 0.29) is 5.91 Å². The topological polar surface area (TPSA) is 48.5 Å². The number of amides is 1. The number of rotatable bonds is 6. The van der Waals surface area contributed by atoms with E-state index in [2.05, 4.69) is 53.0 Å². The fourth-order valence-electron chi connectivity index (χ4n) is 3.12. The van der Waals surface area contributed by atoms with Crippen LogP contribution in [0.25, 0.3) is 0 Å². The van der Waals surface area contributed by atoms with Gasteiger partial charge in [0.15, 0.2) is 0 Å². The van der Waals surface area contributed by atoms with E-state index >= 15 is 0 Å². The van der Waals surface area contributed by atoms with Crippen molar-refractivity contribution < 1.29 is 4.79 Å². The molecule has 1 saturated heterocycles. The van der Waals surface area contributed by atoms with Gasteiger partial charge in [0.25, 0.3) is 0 Å². The molecule has 0 unspecified atom stereocenters. The average Bonchev–Trinajstić information content (AvgIpc) is 3.11. The third kappa shape index (κ3) is 4.83. The summed E-state index contributed by atoms with van der Waals surface area (Å²) in [5.41, 5.74) is 2.91. The molecule has 26 heavy (non-hydrogen) atoms. The number of nitrogens with one attached hydrogen (secondary N) is 1. The van der Waals surface area contributed by atoms with Gasteiger partial charge in [-0.2, -0.15) is 0 Å². The summed E-state index contributed by atoms with van der Waals surface area (Å²) in [7, 11) is 0. The zero-order chi connectivity index (χ0) is 18.5. The van der Waals surface area contributed by atoms with Crippen LogP contribution in [0.15, 0.2) is 29.6 Å². The molecule has 0 spiro atoms. The van der Waals surface area contributed by atoms with Gasteiger partial charge in [0.05, 0.1) is 17.1 Å². The third-order valence-electron chi connectivity index (χ3n) is 4.74. The molecule has 3 rings (SSSR count). The highest BCUT2D eigenvalue weighted by Gasteiger charge is 2.16. The molecule has 0 aliphatic carbocycles. The van der Waals surface area contributed by atoms with Gasteiger partial charge in [-0.1, -0.05) is 20.8 Å². The van der Waals surface area contributed by atoms with Crippen LogP contribution in [0.4, 0.5) is 11.4 Å². The molecule has 1 amide bonds. The van der Waals surface area contributed by atoms with Crippen molar-refractivity contribution in [1.29, 1.82) is 0 Å². The van der Waals surface area contributed by atoms with Gasteiger partial charge in [-0.25, -0.2) is 4.98 Å². The minimum atomic E-state index is -0.0186. The molecular weight excluding hydrogens is 344 g/mol. The Kier molecular flexibility index (Phi) is 6.27. The van der Waals surface area contributed by atoms with Crippen LogP contribution >= 0.6 is 11.3 Å². The average molecular weight is 373 g/mol. The summed E-state index contributed by atoms with van der Waals surface area (Å²) >= 11 is 1.63. The lowest BCUT2D eigenvalue weighted by molar-refractivity contribution is -0.115. The molecule has 1 aromatic heterocycles. The molecule has 2 aromatic rings. The SMILES string of the molecule is CCN1CCN(c2ccc(NC(=O)Cc3csc(C(C)C)n3)cc2)CC1. The maximum Gasteiger partial charge on any atom is 0.230 e. The van der Waals surface area contributed by atoms with E-state index in [0.717, 1.165) is 49.1 Å². The quantitative estimate of drug-likeness (QED) is 0.842. The summed E-state index contributed by atoms with van der Waals surface area (Å²) < 4.78 is 0. The van der Waals surface area contributed by atoms with Crippen LogP contribution < -0.4 is 10.2 Å². The maximum atomic E-state index is 12.3. The molecule has 0 saturated carbocycles. The van der Waals surface area contributed by atoms with Gasteiger partial charge in [0.2, 0.25) is 5.91 Å². The van der Waals surface area contributed by atoms with Crippen molar-refractivity contribution in [3.63, 3.8) is 0 Å². The summed E-state index contributed by atoms with van der Waals surface area (Å²) in [6.45, 7) is 11.9. The number of aromatic nitrogens is 1. The van der Waals surface area contributed by atoms with Gasteiger partial charge >= 0.3 is 0 Å². The first-order valence-corrected chi connectivity index (χ1v) is 10.2. The number of thiazole rings is 1. The zero-order valence-electron chi connectivity index (χ0n) is 15.9. The van der Waals surface area contributed by atoms with Gasteiger partial charge in [0.1, 0.15) is 0 Å². The van der Waals surface area contributed by atoms with Gasteiger partial charge in [-0.3, -0.25) is 4.79 Å². The van der Waals surface area contributed by atoms with Crippen LogP contribution in [0.1, 0.15) is 37.4 Å². The first kappa shape index (κ1) is 18.9. The second-order valence-electron chi connectivity index (χ2n) is 7.02.